The molecule has 0 heterocycles. The van der Waals surface area contributed by atoms with Gasteiger partial charge < -0.3 is 4.90 Å². The molecule has 1 amide bonds. The largest absolute Gasteiger partial charge is 0.349 e. The van der Waals surface area contributed by atoms with Gasteiger partial charge in [0.1, 0.15) is 5.78 Å². The van der Waals surface area contributed by atoms with Gasteiger partial charge in [-0.15, -0.1) is 0 Å². The fourth-order valence-corrected chi connectivity index (χ4v) is 2.60. The molecule has 0 bridgehead atoms. The summed E-state index contributed by atoms with van der Waals surface area (Å²) in [6.07, 6.45) is 3.33. The van der Waals surface area contributed by atoms with Gasteiger partial charge in [0, 0.05) is 32.9 Å². The minimum absolute atomic E-state index is 0.197. The van der Waals surface area contributed by atoms with Crippen molar-refractivity contribution in [2.45, 2.75) is 25.7 Å². The quantitative estimate of drug-likeness (QED) is 0.601. The lowest BCUT2D eigenvalue weighted by Crippen LogP contribution is -2.52. The second-order valence-corrected chi connectivity index (χ2v) is 4.73. The Morgan fingerprint density at radius 2 is 1.92 bits per heavy atom. The number of hydrogen-bond acceptors (Lipinski definition) is 2. The lowest BCUT2D eigenvalue weighted by Gasteiger charge is -2.52. The van der Waals surface area contributed by atoms with Gasteiger partial charge in [0.15, 0.2) is 0 Å². The van der Waals surface area contributed by atoms with Gasteiger partial charge in [-0.05, 0) is 18.3 Å². The van der Waals surface area contributed by atoms with Crippen LogP contribution in [0.3, 0.4) is 0 Å². The van der Waals surface area contributed by atoms with Gasteiger partial charge >= 0.3 is 0 Å². The van der Waals surface area contributed by atoms with E-state index in [0.717, 1.165) is 25.7 Å². The molecule has 0 N–H and O–H groups in total. The van der Waals surface area contributed by atoms with Gasteiger partial charge in [-0.2, -0.15) is 0 Å². The van der Waals surface area contributed by atoms with E-state index >= 15 is 0 Å². The summed E-state index contributed by atoms with van der Waals surface area (Å²) in [6.45, 7) is 0. The molecule has 1 spiro atoms. The van der Waals surface area contributed by atoms with Crippen molar-refractivity contribution in [3.8, 4) is 0 Å². The van der Waals surface area contributed by atoms with E-state index in [9.17, 15) is 9.59 Å². The molecule has 0 unspecified atom stereocenters. The van der Waals surface area contributed by atoms with E-state index in [2.05, 4.69) is 0 Å². The second kappa shape index (κ2) is 2.56. The summed E-state index contributed by atoms with van der Waals surface area (Å²) in [7, 11) is 3.58. The normalized spacial score (nSPS) is 25.2. The minimum atomic E-state index is 0.197. The van der Waals surface area contributed by atoms with Crippen molar-refractivity contribution in [3.05, 3.63) is 0 Å². The maximum absolute atomic E-state index is 11.5. The zero-order chi connectivity index (χ0) is 9.64. The molecule has 0 aromatic carbocycles. The fraction of sp³-hybridized carbons (Fsp3) is 0.800. The van der Waals surface area contributed by atoms with Crippen molar-refractivity contribution in [1.82, 2.24) is 4.90 Å². The molecule has 0 aromatic heterocycles. The standard InChI is InChI=1S/C10H15NO2/c1-11(2)9(13)7-3-10(4-7)5-8(12)6-10/h7H,3-6H2,1-2H3. The van der Waals surface area contributed by atoms with Crippen LogP contribution in [0.15, 0.2) is 0 Å². The number of ketones is 1. The number of carbonyl (C=O) groups is 2. The van der Waals surface area contributed by atoms with E-state index in [1.165, 1.54) is 0 Å². The van der Waals surface area contributed by atoms with Crippen molar-refractivity contribution in [2.24, 2.45) is 11.3 Å². The molecule has 0 radical (unpaired) electrons. The number of carbonyl (C=O) groups excluding carboxylic acids is 2. The summed E-state index contributed by atoms with van der Waals surface area (Å²) < 4.78 is 0. The van der Waals surface area contributed by atoms with Crippen LogP contribution >= 0.6 is 0 Å². The molecule has 3 nitrogen and oxygen atoms in total. The Morgan fingerprint density at radius 1 is 1.38 bits per heavy atom. The van der Waals surface area contributed by atoms with Gasteiger partial charge in [-0.1, -0.05) is 0 Å². The van der Waals surface area contributed by atoms with Crippen LogP contribution in [0.2, 0.25) is 0 Å². The summed E-state index contributed by atoms with van der Waals surface area (Å²) in [4.78, 5) is 23.9. The van der Waals surface area contributed by atoms with Crippen LogP contribution in [0.5, 0.6) is 0 Å². The molecule has 0 saturated heterocycles. The van der Waals surface area contributed by atoms with E-state index < -0.39 is 0 Å². The second-order valence-electron chi connectivity index (χ2n) is 4.73. The summed E-state index contributed by atoms with van der Waals surface area (Å²) in [6, 6.07) is 0. The monoisotopic (exact) mass is 181 g/mol. The third kappa shape index (κ3) is 1.26. The molecule has 0 atom stereocenters. The molecule has 72 valence electrons. The van der Waals surface area contributed by atoms with Gasteiger partial charge in [-0.3, -0.25) is 9.59 Å². The van der Waals surface area contributed by atoms with Crippen molar-refractivity contribution in [1.29, 1.82) is 0 Å². The van der Waals surface area contributed by atoms with Gasteiger partial charge in [0.2, 0.25) is 5.91 Å². The maximum atomic E-state index is 11.5. The van der Waals surface area contributed by atoms with Crippen molar-refractivity contribution < 1.29 is 9.59 Å². The van der Waals surface area contributed by atoms with Crippen molar-refractivity contribution in [2.75, 3.05) is 14.1 Å². The summed E-state index contributed by atoms with van der Waals surface area (Å²) in [5.41, 5.74) is 0.257. The van der Waals surface area contributed by atoms with Gasteiger partial charge in [0.05, 0.1) is 0 Å². The number of Topliss-reactive ketones (excluding diaryl/α,β-unsaturated/α-hetero) is 1. The molecule has 2 saturated carbocycles. The molecule has 2 fully saturated rings. The zero-order valence-corrected chi connectivity index (χ0v) is 8.17. The molecular weight excluding hydrogens is 166 g/mol. The van der Waals surface area contributed by atoms with E-state index in [1.54, 1.807) is 19.0 Å². The van der Waals surface area contributed by atoms with Crippen molar-refractivity contribution in [3.63, 3.8) is 0 Å². The average Bonchev–Trinajstić information content (AvgIpc) is 1.92. The lowest BCUT2D eigenvalue weighted by atomic mass is 9.51. The average molecular weight is 181 g/mol. The highest BCUT2D eigenvalue weighted by atomic mass is 16.2. The first-order chi connectivity index (χ1) is 6.02. The molecule has 13 heavy (non-hydrogen) atoms. The molecule has 2 aliphatic rings. The Hall–Kier alpha value is -0.860. The highest BCUT2D eigenvalue weighted by Gasteiger charge is 2.54. The van der Waals surface area contributed by atoms with E-state index in [4.69, 9.17) is 0 Å². The Labute approximate surface area is 78.1 Å². The maximum Gasteiger partial charge on any atom is 0.225 e. The third-order valence-electron chi connectivity index (χ3n) is 3.29. The van der Waals surface area contributed by atoms with Crippen LogP contribution < -0.4 is 0 Å². The zero-order valence-electron chi connectivity index (χ0n) is 8.17. The summed E-state index contributed by atoms with van der Waals surface area (Å²) >= 11 is 0. The van der Waals surface area contributed by atoms with Crippen LogP contribution in [0.25, 0.3) is 0 Å². The first-order valence-corrected chi connectivity index (χ1v) is 4.75. The molecule has 2 rings (SSSR count). The SMILES string of the molecule is CN(C)C(=O)C1CC2(CC(=O)C2)C1. The molecule has 0 aliphatic heterocycles. The Bertz CT molecular complexity index is 254. The van der Waals surface area contributed by atoms with Crippen LogP contribution in [-0.2, 0) is 9.59 Å². The first kappa shape index (κ1) is 8.73. The van der Waals surface area contributed by atoms with Gasteiger partial charge in [0.25, 0.3) is 0 Å². The van der Waals surface area contributed by atoms with Crippen LogP contribution in [0.4, 0.5) is 0 Å². The Balaban J connectivity index is 1.85. The number of amides is 1. The number of hydrogen-bond donors (Lipinski definition) is 0. The Morgan fingerprint density at radius 3 is 2.31 bits per heavy atom. The topological polar surface area (TPSA) is 37.4 Å². The number of nitrogens with zero attached hydrogens (tertiary/aromatic N) is 1. The van der Waals surface area contributed by atoms with Crippen LogP contribution in [0.1, 0.15) is 25.7 Å². The first-order valence-electron chi connectivity index (χ1n) is 4.75. The predicted octanol–water partition coefficient (Wildman–Crippen LogP) is 0.834. The lowest BCUT2D eigenvalue weighted by molar-refractivity contribution is -0.154. The predicted molar refractivity (Wildman–Crippen MR) is 48.1 cm³/mol. The minimum Gasteiger partial charge on any atom is -0.349 e. The molecule has 3 heteroatoms. The third-order valence-corrected chi connectivity index (χ3v) is 3.29. The smallest absolute Gasteiger partial charge is 0.225 e. The fourth-order valence-electron chi connectivity index (χ4n) is 2.60. The summed E-state index contributed by atoms with van der Waals surface area (Å²) in [5, 5.41) is 0. The molecule has 2 aliphatic carbocycles. The van der Waals surface area contributed by atoms with Crippen LogP contribution in [0, 0.1) is 11.3 Å². The van der Waals surface area contributed by atoms with Gasteiger partial charge in [-0.25, -0.2) is 0 Å². The highest BCUT2D eigenvalue weighted by molar-refractivity contribution is 5.88. The van der Waals surface area contributed by atoms with Crippen LogP contribution in [-0.4, -0.2) is 30.7 Å². The molecule has 0 aromatic rings. The molecular formula is C10H15NO2. The van der Waals surface area contributed by atoms with E-state index in [1.807, 2.05) is 0 Å². The summed E-state index contributed by atoms with van der Waals surface area (Å²) in [5.74, 6) is 0.795. The van der Waals surface area contributed by atoms with E-state index in [-0.39, 0.29) is 17.2 Å². The van der Waals surface area contributed by atoms with E-state index in [0.29, 0.717) is 5.78 Å². The highest BCUT2D eigenvalue weighted by Crippen LogP contribution is 2.57. The Kier molecular flexibility index (Phi) is 1.72. The van der Waals surface area contributed by atoms with Crippen molar-refractivity contribution >= 4 is 11.7 Å². The number of rotatable bonds is 1.